The van der Waals surface area contributed by atoms with Crippen LogP contribution in [0.25, 0.3) is 0 Å². The molecule has 0 radical (unpaired) electrons. The monoisotopic (exact) mass is 346 g/mol. The van der Waals surface area contributed by atoms with Gasteiger partial charge in [0.25, 0.3) is 0 Å². The zero-order chi connectivity index (χ0) is 16.2. The first-order valence-corrected chi connectivity index (χ1v) is 9.12. The highest BCUT2D eigenvalue weighted by atomic mass is 35.5. The third-order valence-electron chi connectivity index (χ3n) is 3.60. The van der Waals surface area contributed by atoms with Crippen molar-refractivity contribution >= 4 is 27.5 Å². The third kappa shape index (κ3) is 4.59. The smallest absolute Gasteiger partial charge is 0.317 e. The number of nitrogens with zero attached hydrogens (tertiary/aromatic N) is 1. The summed E-state index contributed by atoms with van der Waals surface area (Å²) in [5.41, 5.74) is 0.911. The zero-order valence-corrected chi connectivity index (χ0v) is 13.9. The number of hydrogen-bond acceptors (Lipinski definition) is 4. The van der Waals surface area contributed by atoms with Gasteiger partial charge in [0.2, 0.25) is 0 Å². The van der Waals surface area contributed by atoms with E-state index in [1.54, 1.807) is 19.2 Å². The van der Waals surface area contributed by atoms with E-state index < -0.39 is 9.84 Å². The molecule has 0 saturated carbocycles. The van der Waals surface area contributed by atoms with Crippen LogP contribution in [0.3, 0.4) is 0 Å². The topological polar surface area (TPSA) is 75.7 Å². The molecule has 2 amide bonds. The maximum Gasteiger partial charge on any atom is 0.317 e. The first kappa shape index (κ1) is 17.1. The average Bonchev–Trinajstić information content (AvgIpc) is 2.49. The first-order chi connectivity index (χ1) is 10.4. The van der Waals surface area contributed by atoms with Crippen molar-refractivity contribution < 1.29 is 17.9 Å². The molecule has 1 aliphatic rings. The molecule has 0 aliphatic carbocycles. The fourth-order valence-corrected chi connectivity index (χ4v) is 3.55. The number of hydrogen-bond donors (Lipinski definition) is 1. The second-order valence-electron chi connectivity index (χ2n) is 5.10. The molecule has 1 atom stereocenters. The van der Waals surface area contributed by atoms with Crippen molar-refractivity contribution in [1.82, 2.24) is 10.2 Å². The van der Waals surface area contributed by atoms with Gasteiger partial charge in [0.05, 0.1) is 17.6 Å². The van der Waals surface area contributed by atoms with Crippen LogP contribution < -0.4 is 5.32 Å². The molecule has 1 N–H and O–H groups in total. The van der Waals surface area contributed by atoms with Crippen molar-refractivity contribution in [2.24, 2.45) is 0 Å². The van der Waals surface area contributed by atoms with E-state index in [1.807, 2.05) is 12.1 Å². The minimum absolute atomic E-state index is 0.0192. The molecule has 8 heteroatoms. The fourth-order valence-electron chi connectivity index (χ4n) is 2.22. The number of carbonyl (C=O) groups excluding carboxylic acids is 1. The molecule has 0 aromatic heterocycles. The highest BCUT2D eigenvalue weighted by molar-refractivity contribution is 7.91. The highest BCUT2D eigenvalue weighted by Gasteiger charge is 2.25. The molecule has 1 aliphatic heterocycles. The lowest BCUT2D eigenvalue weighted by atomic mass is 10.1. The Morgan fingerprint density at radius 2 is 1.91 bits per heavy atom. The number of ether oxygens (including phenoxy) is 1. The number of carbonyl (C=O) groups is 1. The van der Waals surface area contributed by atoms with Crippen molar-refractivity contribution in [2.75, 3.05) is 38.2 Å². The van der Waals surface area contributed by atoms with Crippen LogP contribution >= 0.6 is 11.6 Å². The van der Waals surface area contributed by atoms with E-state index >= 15 is 0 Å². The summed E-state index contributed by atoms with van der Waals surface area (Å²) in [5, 5.41) is 3.41. The Labute approximate surface area is 135 Å². The SMILES string of the molecule is COC(CNC(=O)N1CCS(=O)(=O)CC1)c1ccc(Cl)cc1. The van der Waals surface area contributed by atoms with Gasteiger partial charge >= 0.3 is 6.03 Å². The van der Waals surface area contributed by atoms with Gasteiger partial charge in [-0.2, -0.15) is 0 Å². The van der Waals surface area contributed by atoms with Crippen molar-refractivity contribution in [2.45, 2.75) is 6.10 Å². The van der Waals surface area contributed by atoms with Gasteiger partial charge in [-0.3, -0.25) is 0 Å². The first-order valence-electron chi connectivity index (χ1n) is 6.93. The van der Waals surface area contributed by atoms with Crippen LogP contribution in [0.2, 0.25) is 5.02 Å². The predicted octanol–water partition coefficient (Wildman–Crippen LogP) is 1.47. The molecule has 1 aromatic carbocycles. The van der Waals surface area contributed by atoms with Crippen LogP contribution in [0.5, 0.6) is 0 Å². The van der Waals surface area contributed by atoms with Gasteiger partial charge in [0.15, 0.2) is 9.84 Å². The molecule has 6 nitrogen and oxygen atoms in total. The number of rotatable bonds is 4. The molecule has 122 valence electrons. The van der Waals surface area contributed by atoms with E-state index in [-0.39, 0.29) is 36.7 Å². The van der Waals surface area contributed by atoms with E-state index in [9.17, 15) is 13.2 Å². The van der Waals surface area contributed by atoms with Crippen molar-refractivity contribution in [3.63, 3.8) is 0 Å². The largest absolute Gasteiger partial charge is 0.375 e. The van der Waals surface area contributed by atoms with Gasteiger partial charge in [-0.25, -0.2) is 13.2 Å². The number of amides is 2. The molecule has 1 aromatic rings. The Hall–Kier alpha value is -1.31. The maximum atomic E-state index is 12.1. The van der Waals surface area contributed by atoms with E-state index in [4.69, 9.17) is 16.3 Å². The number of methoxy groups -OCH3 is 1. The van der Waals surface area contributed by atoms with E-state index in [0.29, 0.717) is 11.6 Å². The van der Waals surface area contributed by atoms with Gasteiger partial charge < -0.3 is 15.0 Å². The summed E-state index contributed by atoms with van der Waals surface area (Å²) in [6.45, 7) is 0.764. The van der Waals surface area contributed by atoms with Gasteiger partial charge in [0, 0.05) is 31.8 Å². The van der Waals surface area contributed by atoms with Crippen LogP contribution in [0.1, 0.15) is 11.7 Å². The zero-order valence-electron chi connectivity index (χ0n) is 12.3. The molecular weight excluding hydrogens is 328 g/mol. The Balaban J connectivity index is 1.88. The molecule has 0 bridgehead atoms. The van der Waals surface area contributed by atoms with Crippen molar-refractivity contribution in [3.05, 3.63) is 34.9 Å². The van der Waals surface area contributed by atoms with Gasteiger partial charge in [-0.1, -0.05) is 23.7 Å². The molecule has 1 fully saturated rings. The minimum Gasteiger partial charge on any atom is -0.375 e. The van der Waals surface area contributed by atoms with Crippen molar-refractivity contribution in [3.8, 4) is 0 Å². The van der Waals surface area contributed by atoms with E-state index in [0.717, 1.165) is 5.56 Å². The Bertz CT molecular complexity index is 604. The summed E-state index contributed by atoms with van der Waals surface area (Å²) in [7, 11) is -1.42. The molecule has 2 rings (SSSR count). The molecule has 22 heavy (non-hydrogen) atoms. The number of nitrogens with one attached hydrogen (secondary N) is 1. The number of benzene rings is 1. The van der Waals surface area contributed by atoms with Crippen molar-refractivity contribution in [1.29, 1.82) is 0 Å². The second-order valence-corrected chi connectivity index (χ2v) is 7.84. The number of sulfone groups is 1. The molecule has 0 spiro atoms. The standard InChI is InChI=1S/C14H19ClN2O4S/c1-21-13(11-2-4-12(15)5-3-11)10-16-14(18)17-6-8-22(19,20)9-7-17/h2-5,13H,6-10H2,1H3,(H,16,18). The van der Waals surface area contributed by atoms with Crippen LogP contribution in [0, 0.1) is 0 Å². The predicted molar refractivity (Wildman–Crippen MR) is 84.8 cm³/mol. The Morgan fingerprint density at radius 1 is 1.32 bits per heavy atom. The van der Waals surface area contributed by atoms with E-state index in [1.165, 1.54) is 4.90 Å². The van der Waals surface area contributed by atoms with Crippen LogP contribution in [-0.4, -0.2) is 57.6 Å². The summed E-state index contributed by atoms with van der Waals surface area (Å²) in [6, 6.07) is 6.94. The molecule has 1 saturated heterocycles. The fraction of sp³-hybridized carbons (Fsp3) is 0.500. The van der Waals surface area contributed by atoms with Crippen LogP contribution in [0.15, 0.2) is 24.3 Å². The second kappa shape index (κ2) is 7.30. The highest BCUT2D eigenvalue weighted by Crippen LogP contribution is 2.18. The lowest BCUT2D eigenvalue weighted by Gasteiger charge is -2.27. The van der Waals surface area contributed by atoms with Gasteiger partial charge in [0.1, 0.15) is 0 Å². The molecule has 1 unspecified atom stereocenters. The van der Waals surface area contributed by atoms with Crippen LogP contribution in [-0.2, 0) is 14.6 Å². The summed E-state index contributed by atoms with van der Waals surface area (Å²) in [6.07, 6.45) is -0.283. The minimum atomic E-state index is -2.99. The number of urea groups is 1. The molecule has 1 heterocycles. The van der Waals surface area contributed by atoms with Gasteiger partial charge in [-0.15, -0.1) is 0 Å². The van der Waals surface area contributed by atoms with Gasteiger partial charge in [-0.05, 0) is 17.7 Å². The maximum absolute atomic E-state index is 12.1. The molecular formula is C14H19ClN2O4S. The number of halogens is 1. The summed E-state index contributed by atoms with van der Waals surface area (Å²) in [4.78, 5) is 13.6. The average molecular weight is 347 g/mol. The lowest BCUT2D eigenvalue weighted by molar-refractivity contribution is 0.102. The normalized spacial score (nSPS) is 18.7. The van der Waals surface area contributed by atoms with E-state index in [2.05, 4.69) is 5.32 Å². The summed E-state index contributed by atoms with van der Waals surface area (Å²) in [5.74, 6) is 0.0383. The third-order valence-corrected chi connectivity index (χ3v) is 5.46. The lowest BCUT2D eigenvalue weighted by Crippen LogP contribution is -2.48. The Morgan fingerprint density at radius 3 is 2.45 bits per heavy atom. The Kier molecular flexibility index (Phi) is 5.66. The summed E-state index contributed by atoms with van der Waals surface area (Å²) >= 11 is 5.85. The quantitative estimate of drug-likeness (QED) is 0.895. The summed E-state index contributed by atoms with van der Waals surface area (Å²) < 4.78 is 28.1. The van der Waals surface area contributed by atoms with Crippen LogP contribution in [0.4, 0.5) is 4.79 Å².